The molecule has 0 radical (unpaired) electrons. The van der Waals surface area contributed by atoms with E-state index in [1.54, 1.807) is 24.3 Å². The lowest BCUT2D eigenvalue weighted by Crippen LogP contribution is -2.36. The van der Waals surface area contributed by atoms with Gasteiger partial charge in [-0.05, 0) is 18.2 Å². The molecule has 3 rings (SSSR count). The highest BCUT2D eigenvalue weighted by Gasteiger charge is 2.16. The van der Waals surface area contributed by atoms with Crippen LogP contribution in [-0.4, -0.2) is 26.3 Å². The summed E-state index contributed by atoms with van der Waals surface area (Å²) in [7, 11) is 0. The van der Waals surface area contributed by atoms with Crippen LogP contribution in [0.5, 0.6) is 5.75 Å². The van der Waals surface area contributed by atoms with Crippen molar-refractivity contribution in [3.63, 3.8) is 0 Å². The Morgan fingerprint density at radius 1 is 1.14 bits per heavy atom. The lowest BCUT2D eigenvalue weighted by atomic mass is 10.2. The Labute approximate surface area is 129 Å². The number of ether oxygens (including phenoxy) is 2. The molecule has 1 aliphatic heterocycles. The number of benzene rings is 2. The monoisotopic (exact) mass is 302 g/mol. The van der Waals surface area contributed by atoms with E-state index in [0.717, 1.165) is 18.8 Å². The van der Waals surface area contributed by atoms with E-state index < -0.39 is 0 Å². The Morgan fingerprint density at radius 2 is 1.91 bits per heavy atom. The smallest absolute Gasteiger partial charge is 0.145 e. The predicted molar refractivity (Wildman–Crippen MR) is 84.6 cm³/mol. The maximum atomic E-state index is 13.7. The van der Waals surface area contributed by atoms with Crippen molar-refractivity contribution in [1.29, 1.82) is 0 Å². The van der Waals surface area contributed by atoms with Crippen LogP contribution in [0.4, 0.5) is 15.8 Å². The van der Waals surface area contributed by atoms with Crippen LogP contribution in [-0.2, 0) is 11.3 Å². The predicted octanol–water partition coefficient (Wildman–Crippen LogP) is 2.82. The highest BCUT2D eigenvalue weighted by Crippen LogP contribution is 2.32. The fourth-order valence-corrected chi connectivity index (χ4v) is 2.48. The summed E-state index contributed by atoms with van der Waals surface area (Å²) in [4.78, 5) is 2.19. The average Bonchev–Trinajstić information content (AvgIpc) is 2.55. The largest absolute Gasteiger partial charge is 0.487 e. The Balaban J connectivity index is 1.79. The maximum Gasteiger partial charge on any atom is 0.145 e. The van der Waals surface area contributed by atoms with Crippen LogP contribution >= 0.6 is 0 Å². The quantitative estimate of drug-likeness (QED) is 0.882. The Kier molecular flexibility index (Phi) is 4.44. The Morgan fingerprint density at radius 3 is 2.68 bits per heavy atom. The van der Waals surface area contributed by atoms with Gasteiger partial charge in [0, 0.05) is 30.4 Å². The highest BCUT2D eigenvalue weighted by molar-refractivity contribution is 5.64. The van der Waals surface area contributed by atoms with Crippen molar-refractivity contribution in [2.75, 3.05) is 36.9 Å². The van der Waals surface area contributed by atoms with Crippen LogP contribution in [0.2, 0.25) is 0 Å². The molecule has 116 valence electrons. The third-order valence-corrected chi connectivity index (χ3v) is 3.68. The van der Waals surface area contributed by atoms with Gasteiger partial charge in [-0.2, -0.15) is 0 Å². The number of nitrogens with two attached hydrogens (primary N) is 1. The van der Waals surface area contributed by atoms with Crippen molar-refractivity contribution in [2.24, 2.45) is 0 Å². The molecule has 4 nitrogen and oxygen atoms in total. The molecule has 0 spiro atoms. The first-order chi connectivity index (χ1) is 10.7. The second-order valence-electron chi connectivity index (χ2n) is 5.21. The molecule has 0 bridgehead atoms. The topological polar surface area (TPSA) is 47.7 Å². The Bertz CT molecular complexity index is 642. The van der Waals surface area contributed by atoms with Crippen molar-refractivity contribution in [1.82, 2.24) is 0 Å². The number of nitrogen functional groups attached to an aromatic ring is 1. The summed E-state index contributed by atoms with van der Waals surface area (Å²) in [5, 5.41) is 0. The summed E-state index contributed by atoms with van der Waals surface area (Å²) in [6.45, 7) is 3.17. The minimum absolute atomic E-state index is 0.174. The molecule has 22 heavy (non-hydrogen) atoms. The lowest BCUT2D eigenvalue weighted by molar-refractivity contribution is 0.122. The number of morpholine rings is 1. The van der Waals surface area contributed by atoms with Gasteiger partial charge in [0.15, 0.2) is 0 Å². The summed E-state index contributed by atoms with van der Waals surface area (Å²) in [6, 6.07) is 12.2. The zero-order chi connectivity index (χ0) is 15.4. The molecule has 0 amide bonds. The molecule has 2 aromatic rings. The van der Waals surface area contributed by atoms with Gasteiger partial charge in [0.2, 0.25) is 0 Å². The van der Waals surface area contributed by atoms with Crippen molar-refractivity contribution in [2.45, 2.75) is 6.61 Å². The number of halogens is 1. The molecule has 5 heteroatoms. The molecule has 0 unspecified atom stereocenters. The highest BCUT2D eigenvalue weighted by atomic mass is 19.1. The SMILES string of the molecule is Nc1ccc(N2CCOCC2)c(OCc2ccccc2F)c1. The molecule has 0 aromatic heterocycles. The van der Waals surface area contributed by atoms with E-state index in [2.05, 4.69) is 4.90 Å². The van der Waals surface area contributed by atoms with Gasteiger partial charge in [0.25, 0.3) is 0 Å². The van der Waals surface area contributed by atoms with E-state index in [-0.39, 0.29) is 12.4 Å². The van der Waals surface area contributed by atoms with Crippen molar-refractivity contribution in [3.05, 3.63) is 53.8 Å². The molecule has 0 aliphatic carbocycles. The second-order valence-corrected chi connectivity index (χ2v) is 5.21. The van der Waals surface area contributed by atoms with Crippen LogP contribution in [0.15, 0.2) is 42.5 Å². The van der Waals surface area contributed by atoms with Gasteiger partial charge in [0.05, 0.1) is 18.9 Å². The van der Waals surface area contributed by atoms with Crippen molar-refractivity contribution < 1.29 is 13.9 Å². The summed E-state index contributed by atoms with van der Waals surface area (Å²) in [5.41, 5.74) is 7.98. The normalized spacial score (nSPS) is 14.9. The van der Waals surface area contributed by atoms with Crippen LogP contribution in [0, 0.1) is 5.82 Å². The number of rotatable bonds is 4. The molecular weight excluding hydrogens is 283 g/mol. The molecule has 1 fully saturated rings. The fraction of sp³-hybridized carbons (Fsp3) is 0.294. The lowest BCUT2D eigenvalue weighted by Gasteiger charge is -2.30. The van der Waals surface area contributed by atoms with Gasteiger partial charge in [0.1, 0.15) is 18.2 Å². The third kappa shape index (κ3) is 3.31. The molecular formula is C17H19FN2O2. The molecule has 1 heterocycles. The van der Waals surface area contributed by atoms with Gasteiger partial charge >= 0.3 is 0 Å². The first-order valence-electron chi connectivity index (χ1n) is 7.32. The maximum absolute atomic E-state index is 13.7. The third-order valence-electron chi connectivity index (χ3n) is 3.68. The molecule has 0 saturated carbocycles. The minimum Gasteiger partial charge on any atom is -0.487 e. The van der Waals surface area contributed by atoms with Crippen LogP contribution in [0.3, 0.4) is 0 Å². The van der Waals surface area contributed by atoms with Crippen LogP contribution < -0.4 is 15.4 Å². The van der Waals surface area contributed by atoms with E-state index in [9.17, 15) is 4.39 Å². The first-order valence-corrected chi connectivity index (χ1v) is 7.32. The first kappa shape index (κ1) is 14.7. The molecule has 2 aromatic carbocycles. The number of anilines is 2. The fourth-order valence-electron chi connectivity index (χ4n) is 2.48. The average molecular weight is 302 g/mol. The van der Waals surface area contributed by atoms with Gasteiger partial charge < -0.3 is 20.1 Å². The van der Waals surface area contributed by atoms with Gasteiger partial charge in [-0.25, -0.2) is 4.39 Å². The number of nitrogens with zero attached hydrogens (tertiary/aromatic N) is 1. The zero-order valence-electron chi connectivity index (χ0n) is 12.3. The summed E-state index contributed by atoms with van der Waals surface area (Å²) in [5.74, 6) is 0.407. The van der Waals surface area contributed by atoms with E-state index in [0.29, 0.717) is 30.2 Å². The van der Waals surface area contributed by atoms with Crippen LogP contribution in [0.25, 0.3) is 0 Å². The molecule has 1 saturated heterocycles. The van der Waals surface area contributed by atoms with E-state index in [1.165, 1.54) is 6.07 Å². The minimum atomic E-state index is -0.265. The summed E-state index contributed by atoms with van der Waals surface area (Å²) in [6.07, 6.45) is 0. The summed E-state index contributed by atoms with van der Waals surface area (Å²) >= 11 is 0. The Hall–Kier alpha value is -2.27. The molecule has 0 atom stereocenters. The van der Waals surface area contributed by atoms with Gasteiger partial charge in [-0.3, -0.25) is 0 Å². The standard InChI is InChI=1S/C17H19FN2O2/c18-15-4-2-1-3-13(15)12-22-17-11-14(19)5-6-16(17)20-7-9-21-10-8-20/h1-6,11H,7-10,12,19H2. The van der Waals surface area contributed by atoms with E-state index in [4.69, 9.17) is 15.2 Å². The summed E-state index contributed by atoms with van der Waals surface area (Å²) < 4.78 is 24.9. The van der Waals surface area contributed by atoms with Gasteiger partial charge in [-0.15, -0.1) is 0 Å². The van der Waals surface area contributed by atoms with Gasteiger partial charge in [-0.1, -0.05) is 18.2 Å². The number of hydrogen-bond donors (Lipinski definition) is 1. The van der Waals surface area contributed by atoms with Crippen LogP contribution in [0.1, 0.15) is 5.56 Å². The van der Waals surface area contributed by atoms with E-state index >= 15 is 0 Å². The molecule has 2 N–H and O–H groups in total. The zero-order valence-corrected chi connectivity index (χ0v) is 12.3. The van der Waals surface area contributed by atoms with Crippen molar-refractivity contribution in [3.8, 4) is 5.75 Å². The number of hydrogen-bond acceptors (Lipinski definition) is 4. The second kappa shape index (κ2) is 6.66. The van der Waals surface area contributed by atoms with E-state index in [1.807, 2.05) is 12.1 Å². The molecule has 1 aliphatic rings. The van der Waals surface area contributed by atoms with Crippen molar-refractivity contribution >= 4 is 11.4 Å².